The van der Waals surface area contributed by atoms with Gasteiger partial charge in [-0.1, -0.05) is 208 Å². The first-order valence-corrected chi connectivity index (χ1v) is 27.2. The summed E-state index contributed by atoms with van der Waals surface area (Å²) in [7, 11) is 0. The predicted octanol–water partition coefficient (Wildman–Crippen LogP) is 18.1. The Morgan fingerprint density at radius 2 is 0.606 bits per heavy atom. The van der Waals surface area contributed by atoms with Gasteiger partial charge in [0.05, 0.1) is 0 Å². The lowest BCUT2D eigenvalue weighted by Crippen LogP contribution is -2.30. The molecule has 0 aliphatic carbocycles. The molecule has 376 valence electrons. The predicted molar refractivity (Wildman–Crippen MR) is 284 cm³/mol. The first-order valence-electron chi connectivity index (χ1n) is 27.2. The SMILES string of the molecule is CC/C=C\C/C=C\C/C=C\CCCCCCCCC(=O)OC(COC(=O)CCC/C=C\C/C=C\C/C=C\C/C=C\CCCCC)COC(=O)CCCCCCCCC/C=C\CCCCCC. The molecule has 0 bridgehead atoms. The Labute approximate surface area is 407 Å². The minimum Gasteiger partial charge on any atom is -0.462 e. The molecular formula is C60H100O6. The van der Waals surface area contributed by atoms with Gasteiger partial charge < -0.3 is 14.2 Å². The van der Waals surface area contributed by atoms with E-state index >= 15 is 0 Å². The zero-order valence-corrected chi connectivity index (χ0v) is 42.9. The maximum absolute atomic E-state index is 12.8. The maximum Gasteiger partial charge on any atom is 0.306 e. The normalized spacial score (nSPS) is 12.8. The molecule has 0 aliphatic rings. The van der Waals surface area contributed by atoms with E-state index in [9.17, 15) is 14.4 Å². The van der Waals surface area contributed by atoms with E-state index in [1.807, 2.05) is 0 Å². The third kappa shape index (κ3) is 51.3. The van der Waals surface area contributed by atoms with Crippen LogP contribution in [0.15, 0.2) is 97.2 Å². The lowest BCUT2D eigenvalue weighted by Gasteiger charge is -2.18. The Hall–Kier alpha value is -3.67. The lowest BCUT2D eigenvalue weighted by atomic mass is 10.1. The van der Waals surface area contributed by atoms with Crippen molar-refractivity contribution in [3.05, 3.63) is 97.2 Å². The van der Waals surface area contributed by atoms with Crippen molar-refractivity contribution in [2.75, 3.05) is 13.2 Å². The van der Waals surface area contributed by atoms with Gasteiger partial charge in [-0.2, -0.15) is 0 Å². The zero-order valence-electron chi connectivity index (χ0n) is 42.9. The second-order valence-corrected chi connectivity index (χ2v) is 17.7. The van der Waals surface area contributed by atoms with Gasteiger partial charge in [0.25, 0.3) is 0 Å². The Morgan fingerprint density at radius 1 is 0.318 bits per heavy atom. The van der Waals surface area contributed by atoms with Crippen LogP contribution in [0.4, 0.5) is 0 Å². The molecule has 1 atom stereocenters. The average molecular weight is 917 g/mol. The van der Waals surface area contributed by atoms with E-state index in [1.54, 1.807) is 0 Å². The smallest absolute Gasteiger partial charge is 0.306 e. The first-order chi connectivity index (χ1) is 32.5. The summed E-state index contributed by atoms with van der Waals surface area (Å²) in [6.07, 6.45) is 71.1. The summed E-state index contributed by atoms with van der Waals surface area (Å²) in [6, 6.07) is 0. The number of rotatable bonds is 48. The summed E-state index contributed by atoms with van der Waals surface area (Å²) in [5.74, 6) is -0.979. The van der Waals surface area contributed by atoms with E-state index in [0.717, 1.165) is 96.3 Å². The van der Waals surface area contributed by atoms with Gasteiger partial charge in [-0.15, -0.1) is 0 Å². The summed E-state index contributed by atoms with van der Waals surface area (Å²) in [6.45, 7) is 6.42. The maximum atomic E-state index is 12.8. The van der Waals surface area contributed by atoms with Crippen molar-refractivity contribution in [2.24, 2.45) is 0 Å². The molecule has 0 amide bonds. The minimum absolute atomic E-state index is 0.103. The Kier molecular flexibility index (Phi) is 50.9. The molecule has 66 heavy (non-hydrogen) atoms. The van der Waals surface area contributed by atoms with Gasteiger partial charge in [-0.25, -0.2) is 0 Å². The number of hydrogen-bond donors (Lipinski definition) is 0. The van der Waals surface area contributed by atoms with Crippen LogP contribution in [0.25, 0.3) is 0 Å². The fourth-order valence-electron chi connectivity index (χ4n) is 7.21. The van der Waals surface area contributed by atoms with Gasteiger partial charge in [0, 0.05) is 19.3 Å². The highest BCUT2D eigenvalue weighted by Gasteiger charge is 2.19. The summed E-state index contributed by atoms with van der Waals surface area (Å²) in [4.78, 5) is 38.1. The van der Waals surface area contributed by atoms with Crippen molar-refractivity contribution < 1.29 is 28.6 Å². The average Bonchev–Trinajstić information content (AvgIpc) is 3.31. The molecule has 0 saturated heterocycles. The van der Waals surface area contributed by atoms with Crippen molar-refractivity contribution >= 4 is 17.9 Å². The van der Waals surface area contributed by atoms with Crippen LogP contribution in [-0.2, 0) is 28.6 Å². The van der Waals surface area contributed by atoms with Crippen molar-refractivity contribution in [2.45, 2.75) is 252 Å². The summed E-state index contributed by atoms with van der Waals surface area (Å²) < 4.78 is 16.8. The molecule has 0 heterocycles. The fourth-order valence-corrected chi connectivity index (χ4v) is 7.21. The largest absolute Gasteiger partial charge is 0.462 e. The van der Waals surface area contributed by atoms with Crippen LogP contribution in [0, 0.1) is 0 Å². The first kappa shape index (κ1) is 62.3. The molecule has 0 rings (SSSR count). The number of carbonyl (C=O) groups excluding carboxylic acids is 3. The molecule has 0 aromatic heterocycles. The van der Waals surface area contributed by atoms with Crippen LogP contribution < -0.4 is 0 Å². The zero-order chi connectivity index (χ0) is 47.9. The third-order valence-electron chi connectivity index (χ3n) is 11.3. The molecule has 0 spiro atoms. The van der Waals surface area contributed by atoms with Gasteiger partial charge in [-0.3, -0.25) is 14.4 Å². The molecule has 0 aliphatic heterocycles. The quantitative estimate of drug-likeness (QED) is 0.0262. The van der Waals surface area contributed by atoms with Crippen molar-refractivity contribution in [3.8, 4) is 0 Å². The molecule has 1 unspecified atom stereocenters. The second-order valence-electron chi connectivity index (χ2n) is 17.7. The summed E-state index contributed by atoms with van der Waals surface area (Å²) >= 11 is 0. The van der Waals surface area contributed by atoms with Crippen molar-refractivity contribution in [1.29, 1.82) is 0 Å². The fraction of sp³-hybridized carbons (Fsp3) is 0.683. The summed E-state index contributed by atoms with van der Waals surface area (Å²) in [5, 5.41) is 0. The molecule has 6 heteroatoms. The molecule has 0 N–H and O–H groups in total. The van der Waals surface area contributed by atoms with Crippen molar-refractivity contribution in [3.63, 3.8) is 0 Å². The molecule has 0 saturated carbocycles. The Bertz CT molecular complexity index is 1330. The van der Waals surface area contributed by atoms with E-state index in [4.69, 9.17) is 14.2 Å². The number of esters is 3. The third-order valence-corrected chi connectivity index (χ3v) is 11.3. The molecule has 0 radical (unpaired) electrons. The highest BCUT2D eigenvalue weighted by atomic mass is 16.6. The van der Waals surface area contributed by atoms with Gasteiger partial charge in [0.2, 0.25) is 0 Å². The Balaban J connectivity index is 4.51. The molecule has 0 aromatic rings. The molecule has 0 aromatic carbocycles. The minimum atomic E-state index is -0.809. The van der Waals surface area contributed by atoms with Crippen LogP contribution in [0.5, 0.6) is 0 Å². The molecule has 0 fully saturated rings. The van der Waals surface area contributed by atoms with Gasteiger partial charge >= 0.3 is 17.9 Å². The van der Waals surface area contributed by atoms with E-state index in [1.165, 1.54) is 103 Å². The van der Waals surface area contributed by atoms with E-state index < -0.39 is 6.10 Å². The monoisotopic (exact) mass is 917 g/mol. The van der Waals surface area contributed by atoms with Crippen LogP contribution in [0.3, 0.4) is 0 Å². The number of ether oxygens (including phenoxy) is 3. The van der Waals surface area contributed by atoms with E-state index in [-0.39, 0.29) is 37.5 Å². The number of carbonyl (C=O) groups is 3. The molecule has 6 nitrogen and oxygen atoms in total. The van der Waals surface area contributed by atoms with Gasteiger partial charge in [-0.05, 0) is 116 Å². The highest BCUT2D eigenvalue weighted by molar-refractivity contribution is 5.71. The number of allylic oxidation sites excluding steroid dienone is 16. The number of hydrogen-bond acceptors (Lipinski definition) is 6. The van der Waals surface area contributed by atoms with E-state index in [0.29, 0.717) is 19.3 Å². The van der Waals surface area contributed by atoms with Crippen LogP contribution in [0.1, 0.15) is 245 Å². The molecular weight excluding hydrogens is 817 g/mol. The second kappa shape index (κ2) is 53.9. The Morgan fingerprint density at radius 3 is 1.03 bits per heavy atom. The lowest BCUT2D eigenvalue weighted by molar-refractivity contribution is -0.167. The van der Waals surface area contributed by atoms with E-state index in [2.05, 4.69) is 118 Å². The van der Waals surface area contributed by atoms with Crippen LogP contribution >= 0.6 is 0 Å². The van der Waals surface area contributed by atoms with Crippen LogP contribution in [0.2, 0.25) is 0 Å². The topological polar surface area (TPSA) is 78.9 Å². The van der Waals surface area contributed by atoms with Gasteiger partial charge in [0.15, 0.2) is 6.10 Å². The summed E-state index contributed by atoms with van der Waals surface area (Å²) in [5.41, 5.74) is 0. The van der Waals surface area contributed by atoms with Gasteiger partial charge in [0.1, 0.15) is 13.2 Å². The van der Waals surface area contributed by atoms with Crippen molar-refractivity contribution in [1.82, 2.24) is 0 Å². The highest BCUT2D eigenvalue weighted by Crippen LogP contribution is 2.14. The number of unbranched alkanes of at least 4 members (excludes halogenated alkanes) is 21. The standard InChI is InChI=1S/C60H100O6/c1-4-7-10-13-16-19-22-25-28-30-33-35-38-41-44-47-50-53-59(62)65-56-57(55-64-58(61)52-49-46-43-40-37-34-31-27-24-21-18-15-12-9-6-3)66-60(63)54-51-48-45-42-39-36-32-29-26-23-20-17-14-11-8-5-2/h8,11,16-17,19-21,24-26,28-29,33,35,41,44,57H,4-7,9-10,12-15,18,22-23,27,30-32,34,36-40,42-43,45-56H2,1-3H3/b11-8-,19-16-,20-17-,24-21-,28-25-,29-26-,35-33-,44-41-. The van der Waals surface area contributed by atoms with Crippen LogP contribution in [-0.4, -0.2) is 37.2 Å².